The molecule has 0 heterocycles. The molecule has 17 heavy (non-hydrogen) atoms. The van der Waals surface area contributed by atoms with Crippen molar-refractivity contribution >= 4 is 13.2 Å². The van der Waals surface area contributed by atoms with E-state index in [0.717, 1.165) is 5.56 Å². The predicted octanol–water partition coefficient (Wildman–Crippen LogP) is 2.74. The summed E-state index contributed by atoms with van der Waals surface area (Å²) in [5.41, 5.74) is 1.01. The van der Waals surface area contributed by atoms with Gasteiger partial charge in [-0.25, -0.2) is 0 Å². The van der Waals surface area contributed by atoms with Gasteiger partial charge >= 0.3 is 0 Å². The second-order valence-electron chi connectivity index (χ2n) is 4.11. The van der Waals surface area contributed by atoms with E-state index in [0.29, 0.717) is 0 Å². The summed E-state index contributed by atoms with van der Waals surface area (Å²) in [4.78, 5) is 0. The van der Waals surface area contributed by atoms with Crippen LogP contribution in [-0.2, 0) is 4.57 Å². The van der Waals surface area contributed by atoms with Gasteiger partial charge in [0.05, 0.1) is 0 Å². The van der Waals surface area contributed by atoms with Crippen LogP contribution in [0, 0.1) is 0 Å². The number of hydrogen-bond donors (Lipinski definition) is 2. The molecule has 1 rings (SSSR count). The first-order chi connectivity index (χ1) is 7.97. The van der Waals surface area contributed by atoms with Gasteiger partial charge in [-0.2, -0.15) is 0 Å². The zero-order valence-corrected chi connectivity index (χ0v) is 11.0. The first-order valence-corrected chi connectivity index (χ1v) is 7.66. The van der Waals surface area contributed by atoms with Crippen LogP contribution in [0.1, 0.15) is 19.4 Å². The molecule has 3 nitrogen and oxygen atoms in total. The zero-order valence-electron chi connectivity index (χ0n) is 10.2. The summed E-state index contributed by atoms with van der Waals surface area (Å²) in [6.45, 7) is 2.92. The molecule has 0 fully saturated rings. The monoisotopic (exact) mass is 254 g/mol. The molecule has 1 aromatic carbocycles. The summed E-state index contributed by atoms with van der Waals surface area (Å²) in [5, 5.41) is 19.0. The second-order valence-corrected chi connectivity index (χ2v) is 7.68. The third-order valence-corrected chi connectivity index (χ3v) is 6.08. The maximum Gasteiger partial charge on any atom is 0.145 e. The number of aliphatic hydroxyl groups excluding tert-OH is 2. The van der Waals surface area contributed by atoms with E-state index in [2.05, 4.69) is 0 Å². The lowest BCUT2D eigenvalue weighted by atomic mass is 10.2. The minimum absolute atomic E-state index is 0.206. The standard InChI is InChI=1S/C13H19O3P/c1-11(14)17(16,12(2)15)10-6-9-13-7-4-3-5-8-13/h3-9,11-12,14-15H,10H2,1-2H3/b9-6+. The number of benzene rings is 1. The molecule has 0 aliphatic rings. The third kappa shape index (κ3) is 3.81. The topological polar surface area (TPSA) is 57.5 Å². The van der Waals surface area contributed by atoms with Gasteiger partial charge in [0.1, 0.15) is 18.8 Å². The molecule has 0 spiro atoms. The van der Waals surface area contributed by atoms with Gasteiger partial charge < -0.3 is 14.8 Å². The van der Waals surface area contributed by atoms with Gasteiger partial charge in [-0.15, -0.1) is 0 Å². The molecule has 2 unspecified atom stereocenters. The summed E-state index contributed by atoms with van der Waals surface area (Å²) in [6.07, 6.45) is 3.80. The van der Waals surface area contributed by atoms with E-state index in [-0.39, 0.29) is 6.16 Å². The molecule has 0 saturated heterocycles. The molecule has 94 valence electrons. The SMILES string of the molecule is CC(O)P(=O)(C/C=C/c1ccccc1)C(C)O. The highest BCUT2D eigenvalue weighted by Crippen LogP contribution is 2.53. The summed E-state index contributed by atoms with van der Waals surface area (Å²) < 4.78 is 12.3. The van der Waals surface area contributed by atoms with E-state index in [9.17, 15) is 14.8 Å². The fraction of sp³-hybridized carbons (Fsp3) is 0.385. The lowest BCUT2D eigenvalue weighted by Crippen LogP contribution is -2.15. The van der Waals surface area contributed by atoms with Crippen LogP contribution in [0.5, 0.6) is 0 Å². The van der Waals surface area contributed by atoms with Gasteiger partial charge in [0.15, 0.2) is 0 Å². The molecule has 2 N–H and O–H groups in total. The van der Waals surface area contributed by atoms with Gasteiger partial charge in [0.25, 0.3) is 0 Å². The summed E-state index contributed by atoms with van der Waals surface area (Å²) in [7, 11) is -2.98. The van der Waals surface area contributed by atoms with Crippen LogP contribution < -0.4 is 0 Å². The lowest BCUT2D eigenvalue weighted by molar-refractivity contribution is 0.228. The van der Waals surface area contributed by atoms with Crippen LogP contribution in [0.3, 0.4) is 0 Å². The molecule has 2 atom stereocenters. The Hall–Kier alpha value is -0.890. The molecule has 4 heteroatoms. The van der Waals surface area contributed by atoms with Crippen molar-refractivity contribution in [3.05, 3.63) is 42.0 Å². The van der Waals surface area contributed by atoms with Crippen LogP contribution in [0.15, 0.2) is 36.4 Å². The maximum absolute atomic E-state index is 12.3. The normalized spacial score (nSPS) is 18.8. The lowest BCUT2D eigenvalue weighted by Gasteiger charge is -2.22. The first-order valence-electron chi connectivity index (χ1n) is 5.63. The predicted molar refractivity (Wildman–Crippen MR) is 71.3 cm³/mol. The van der Waals surface area contributed by atoms with E-state index in [1.54, 1.807) is 6.08 Å². The number of allylic oxidation sites excluding steroid dienone is 1. The van der Waals surface area contributed by atoms with Crippen LogP contribution >= 0.6 is 7.14 Å². The van der Waals surface area contributed by atoms with E-state index in [4.69, 9.17) is 0 Å². The highest BCUT2D eigenvalue weighted by molar-refractivity contribution is 7.65. The Balaban J connectivity index is 2.72. The number of hydrogen-bond acceptors (Lipinski definition) is 3. The molecular formula is C13H19O3P. The van der Waals surface area contributed by atoms with E-state index < -0.39 is 18.8 Å². The molecule has 1 aromatic rings. The molecule has 0 aliphatic heterocycles. The maximum atomic E-state index is 12.3. The third-order valence-electron chi connectivity index (χ3n) is 2.77. The van der Waals surface area contributed by atoms with Crippen LogP contribution in [0.2, 0.25) is 0 Å². The van der Waals surface area contributed by atoms with Crippen LogP contribution in [0.4, 0.5) is 0 Å². The summed E-state index contributed by atoms with van der Waals surface area (Å²) >= 11 is 0. The van der Waals surface area contributed by atoms with Crippen molar-refractivity contribution in [1.29, 1.82) is 0 Å². The minimum atomic E-state index is -2.98. The number of aliphatic hydroxyl groups is 2. The van der Waals surface area contributed by atoms with Gasteiger partial charge in [-0.05, 0) is 19.4 Å². The Morgan fingerprint density at radius 1 is 1.18 bits per heavy atom. The van der Waals surface area contributed by atoms with Crippen molar-refractivity contribution in [3.8, 4) is 0 Å². The Morgan fingerprint density at radius 2 is 1.71 bits per heavy atom. The van der Waals surface area contributed by atoms with Crippen LogP contribution in [-0.4, -0.2) is 28.1 Å². The quantitative estimate of drug-likeness (QED) is 0.794. The second kappa shape index (κ2) is 6.15. The molecule has 0 radical (unpaired) electrons. The summed E-state index contributed by atoms with van der Waals surface area (Å²) in [6, 6.07) is 9.64. The summed E-state index contributed by atoms with van der Waals surface area (Å²) in [5.74, 6) is -1.97. The van der Waals surface area contributed by atoms with Crippen molar-refractivity contribution in [2.75, 3.05) is 6.16 Å². The molecular weight excluding hydrogens is 235 g/mol. The fourth-order valence-corrected chi connectivity index (χ4v) is 3.20. The van der Waals surface area contributed by atoms with Crippen LogP contribution in [0.25, 0.3) is 6.08 Å². The first kappa shape index (κ1) is 14.2. The Morgan fingerprint density at radius 3 is 2.18 bits per heavy atom. The van der Waals surface area contributed by atoms with Crippen molar-refractivity contribution in [1.82, 2.24) is 0 Å². The van der Waals surface area contributed by atoms with Crippen molar-refractivity contribution in [2.45, 2.75) is 25.5 Å². The highest BCUT2D eigenvalue weighted by Gasteiger charge is 2.32. The van der Waals surface area contributed by atoms with Crippen molar-refractivity contribution < 1.29 is 14.8 Å². The minimum Gasteiger partial charge on any atom is -0.386 e. The Labute approximate surface area is 102 Å². The Bertz CT molecular complexity index is 398. The Kier molecular flexibility index (Phi) is 5.13. The van der Waals surface area contributed by atoms with Gasteiger partial charge in [-0.3, -0.25) is 0 Å². The smallest absolute Gasteiger partial charge is 0.145 e. The largest absolute Gasteiger partial charge is 0.386 e. The molecule has 0 aliphatic carbocycles. The highest BCUT2D eigenvalue weighted by atomic mass is 31.2. The molecule has 0 saturated carbocycles. The van der Waals surface area contributed by atoms with Crippen molar-refractivity contribution in [3.63, 3.8) is 0 Å². The van der Waals surface area contributed by atoms with E-state index in [1.165, 1.54) is 13.8 Å². The average Bonchev–Trinajstić information content (AvgIpc) is 2.29. The van der Waals surface area contributed by atoms with Gasteiger partial charge in [0.2, 0.25) is 0 Å². The average molecular weight is 254 g/mol. The zero-order chi connectivity index (χ0) is 12.9. The molecule has 0 amide bonds. The van der Waals surface area contributed by atoms with E-state index >= 15 is 0 Å². The number of rotatable bonds is 5. The van der Waals surface area contributed by atoms with Gasteiger partial charge in [-0.1, -0.05) is 42.5 Å². The fourth-order valence-electron chi connectivity index (χ4n) is 1.54. The molecule has 0 aromatic heterocycles. The van der Waals surface area contributed by atoms with Gasteiger partial charge in [0, 0.05) is 6.16 Å². The molecule has 0 bridgehead atoms. The van der Waals surface area contributed by atoms with Crippen molar-refractivity contribution in [2.24, 2.45) is 0 Å². The van der Waals surface area contributed by atoms with E-state index in [1.807, 2.05) is 36.4 Å².